The number of rotatable bonds is 5. The zero-order chi connectivity index (χ0) is 16.1. The lowest BCUT2D eigenvalue weighted by Gasteiger charge is -2.15. The average molecular weight is 326 g/mol. The van der Waals surface area contributed by atoms with Crippen LogP contribution in [0.4, 0.5) is 0 Å². The molecule has 2 atom stereocenters. The SMILES string of the molecule is O=C(Cc1ccn[nH]1)N1C[C@H](c2nc(C3CC3)n[nH]2)[C@@H](C2CC2)C1. The standard InChI is InChI=1S/C17H22N6O/c24-15(7-12-5-6-18-20-12)23-8-13(10-1-2-10)14(9-23)17-19-16(21-22-17)11-3-4-11/h5-6,10-11,13-14H,1-4,7-9H2,(H,18,20)(H,19,21,22)/t13-,14+/m1/s1. The maximum Gasteiger partial charge on any atom is 0.228 e. The molecule has 1 aliphatic heterocycles. The van der Waals surface area contributed by atoms with E-state index in [2.05, 4.69) is 20.4 Å². The molecule has 2 aromatic rings. The summed E-state index contributed by atoms with van der Waals surface area (Å²) in [6, 6.07) is 1.86. The monoisotopic (exact) mass is 326 g/mol. The number of nitrogens with one attached hydrogen (secondary N) is 2. The van der Waals surface area contributed by atoms with Crippen LogP contribution in [0.1, 0.15) is 54.9 Å². The molecule has 126 valence electrons. The van der Waals surface area contributed by atoms with Gasteiger partial charge in [-0.1, -0.05) is 0 Å². The van der Waals surface area contributed by atoms with Gasteiger partial charge in [0.15, 0.2) is 5.82 Å². The number of likely N-dealkylation sites (tertiary alicyclic amines) is 1. The molecule has 2 aliphatic carbocycles. The fraction of sp³-hybridized carbons (Fsp3) is 0.647. The lowest BCUT2D eigenvalue weighted by Crippen LogP contribution is -2.30. The van der Waals surface area contributed by atoms with E-state index in [0.717, 1.165) is 36.4 Å². The molecule has 0 radical (unpaired) electrons. The zero-order valence-corrected chi connectivity index (χ0v) is 13.6. The smallest absolute Gasteiger partial charge is 0.228 e. The molecule has 1 amide bonds. The van der Waals surface area contributed by atoms with Gasteiger partial charge in [-0.2, -0.15) is 10.2 Å². The number of carbonyl (C=O) groups excluding carboxylic acids is 1. The van der Waals surface area contributed by atoms with Gasteiger partial charge in [0.25, 0.3) is 0 Å². The van der Waals surface area contributed by atoms with E-state index in [9.17, 15) is 4.79 Å². The molecule has 3 heterocycles. The van der Waals surface area contributed by atoms with E-state index in [0.29, 0.717) is 24.2 Å². The van der Waals surface area contributed by atoms with Crippen molar-refractivity contribution in [2.45, 2.75) is 43.9 Å². The van der Waals surface area contributed by atoms with Crippen LogP contribution in [-0.2, 0) is 11.2 Å². The average Bonchev–Trinajstić information content (AvgIpc) is 3.46. The minimum absolute atomic E-state index is 0.175. The Labute approximate surface area is 140 Å². The third-order valence-corrected chi connectivity index (χ3v) is 5.66. The van der Waals surface area contributed by atoms with Crippen LogP contribution in [0.5, 0.6) is 0 Å². The lowest BCUT2D eigenvalue weighted by molar-refractivity contribution is -0.129. The number of aromatic amines is 2. The third kappa shape index (κ3) is 2.61. The Morgan fingerprint density at radius 1 is 1.21 bits per heavy atom. The van der Waals surface area contributed by atoms with Crippen LogP contribution < -0.4 is 0 Å². The first-order valence-electron chi connectivity index (χ1n) is 8.96. The molecule has 0 unspecified atom stereocenters. The van der Waals surface area contributed by atoms with Crippen molar-refractivity contribution in [1.29, 1.82) is 0 Å². The number of hydrogen-bond acceptors (Lipinski definition) is 4. The van der Waals surface area contributed by atoms with Gasteiger partial charge < -0.3 is 4.90 Å². The predicted molar refractivity (Wildman–Crippen MR) is 86.2 cm³/mol. The van der Waals surface area contributed by atoms with Crippen molar-refractivity contribution < 1.29 is 4.79 Å². The Morgan fingerprint density at radius 3 is 2.79 bits per heavy atom. The van der Waals surface area contributed by atoms with E-state index in [1.54, 1.807) is 6.20 Å². The minimum Gasteiger partial charge on any atom is -0.341 e. The Kier molecular flexibility index (Phi) is 3.21. The summed E-state index contributed by atoms with van der Waals surface area (Å²) in [5, 5.41) is 14.4. The van der Waals surface area contributed by atoms with E-state index in [1.165, 1.54) is 25.7 Å². The molecule has 2 N–H and O–H groups in total. The molecule has 2 saturated carbocycles. The van der Waals surface area contributed by atoms with Crippen LogP contribution in [0.2, 0.25) is 0 Å². The molecule has 0 aromatic carbocycles. The maximum atomic E-state index is 12.6. The van der Waals surface area contributed by atoms with E-state index in [-0.39, 0.29) is 5.91 Å². The first-order chi connectivity index (χ1) is 11.8. The van der Waals surface area contributed by atoms with Gasteiger partial charge in [0.1, 0.15) is 5.82 Å². The minimum atomic E-state index is 0.175. The molecule has 1 saturated heterocycles. The molecular weight excluding hydrogens is 304 g/mol. The second-order valence-electron chi connectivity index (χ2n) is 7.52. The van der Waals surface area contributed by atoms with Crippen LogP contribution in [0.3, 0.4) is 0 Å². The van der Waals surface area contributed by atoms with Crippen molar-refractivity contribution in [3.63, 3.8) is 0 Å². The summed E-state index contributed by atoms with van der Waals surface area (Å²) in [5.41, 5.74) is 0.877. The summed E-state index contributed by atoms with van der Waals surface area (Å²) in [4.78, 5) is 19.4. The highest BCUT2D eigenvalue weighted by Gasteiger charge is 2.45. The van der Waals surface area contributed by atoms with Crippen molar-refractivity contribution in [2.75, 3.05) is 13.1 Å². The van der Waals surface area contributed by atoms with E-state index < -0.39 is 0 Å². The van der Waals surface area contributed by atoms with Crippen LogP contribution in [0.15, 0.2) is 12.3 Å². The van der Waals surface area contributed by atoms with Crippen LogP contribution >= 0.6 is 0 Å². The van der Waals surface area contributed by atoms with Crippen LogP contribution in [-0.4, -0.2) is 49.3 Å². The summed E-state index contributed by atoms with van der Waals surface area (Å²) in [7, 11) is 0. The molecule has 7 heteroatoms. The molecule has 5 rings (SSSR count). The number of H-pyrrole nitrogens is 2. The van der Waals surface area contributed by atoms with Gasteiger partial charge in [0.05, 0.1) is 6.42 Å². The van der Waals surface area contributed by atoms with Gasteiger partial charge in [0.2, 0.25) is 5.91 Å². The number of hydrogen-bond donors (Lipinski definition) is 2. The molecular formula is C17H22N6O. The number of aromatic nitrogens is 5. The normalized spacial score (nSPS) is 26.9. The summed E-state index contributed by atoms with van der Waals surface area (Å²) in [5.74, 6) is 4.28. The highest BCUT2D eigenvalue weighted by atomic mass is 16.2. The first-order valence-corrected chi connectivity index (χ1v) is 8.96. The molecule has 24 heavy (non-hydrogen) atoms. The Bertz CT molecular complexity index is 730. The van der Waals surface area contributed by atoms with E-state index >= 15 is 0 Å². The lowest BCUT2D eigenvalue weighted by atomic mass is 9.91. The Morgan fingerprint density at radius 2 is 2.08 bits per heavy atom. The molecule has 0 spiro atoms. The number of amides is 1. The van der Waals surface area contributed by atoms with Crippen LogP contribution in [0.25, 0.3) is 0 Å². The quantitative estimate of drug-likeness (QED) is 0.873. The summed E-state index contributed by atoms with van der Waals surface area (Å²) < 4.78 is 0. The van der Waals surface area contributed by atoms with Crippen molar-refractivity contribution in [2.24, 2.45) is 11.8 Å². The maximum absolute atomic E-state index is 12.6. The van der Waals surface area contributed by atoms with E-state index in [1.807, 2.05) is 11.0 Å². The molecule has 3 fully saturated rings. The molecule has 0 bridgehead atoms. The van der Waals surface area contributed by atoms with E-state index in [4.69, 9.17) is 4.98 Å². The van der Waals surface area contributed by atoms with Crippen molar-refractivity contribution in [3.8, 4) is 0 Å². The van der Waals surface area contributed by atoms with Gasteiger partial charge in [0, 0.05) is 36.8 Å². The predicted octanol–water partition coefficient (Wildman–Crippen LogP) is 1.60. The fourth-order valence-electron chi connectivity index (χ4n) is 3.96. The van der Waals surface area contributed by atoms with Gasteiger partial charge in [-0.05, 0) is 43.6 Å². The topological polar surface area (TPSA) is 90.6 Å². The Hall–Kier alpha value is -2.18. The highest BCUT2D eigenvalue weighted by Crippen LogP contribution is 2.47. The second kappa shape index (κ2) is 5.43. The van der Waals surface area contributed by atoms with Gasteiger partial charge in [-0.15, -0.1) is 0 Å². The van der Waals surface area contributed by atoms with Gasteiger partial charge in [-0.25, -0.2) is 4.98 Å². The summed E-state index contributed by atoms with van der Waals surface area (Å²) in [6.45, 7) is 1.61. The first kappa shape index (κ1) is 14.2. The number of carbonyl (C=O) groups is 1. The molecule has 7 nitrogen and oxygen atoms in total. The second-order valence-corrected chi connectivity index (χ2v) is 7.52. The highest BCUT2D eigenvalue weighted by molar-refractivity contribution is 5.78. The Balaban J connectivity index is 1.33. The van der Waals surface area contributed by atoms with Crippen LogP contribution in [0, 0.1) is 11.8 Å². The largest absolute Gasteiger partial charge is 0.341 e. The third-order valence-electron chi connectivity index (χ3n) is 5.66. The zero-order valence-electron chi connectivity index (χ0n) is 13.6. The van der Waals surface area contributed by atoms with Crippen molar-refractivity contribution >= 4 is 5.91 Å². The molecule has 2 aromatic heterocycles. The van der Waals surface area contributed by atoms with Crippen molar-refractivity contribution in [1.82, 2.24) is 30.3 Å². The number of nitrogens with zero attached hydrogens (tertiary/aromatic N) is 4. The summed E-state index contributed by atoms with van der Waals surface area (Å²) >= 11 is 0. The van der Waals surface area contributed by atoms with Gasteiger partial charge in [-0.3, -0.25) is 15.0 Å². The van der Waals surface area contributed by atoms with Crippen molar-refractivity contribution in [3.05, 3.63) is 29.6 Å². The fourth-order valence-corrected chi connectivity index (χ4v) is 3.96. The summed E-state index contributed by atoms with van der Waals surface area (Å²) in [6.07, 6.45) is 7.08. The van der Waals surface area contributed by atoms with Gasteiger partial charge >= 0.3 is 0 Å². The molecule has 3 aliphatic rings.